The maximum absolute atomic E-state index is 6.00. The Morgan fingerprint density at radius 3 is 1.17 bits per heavy atom. The summed E-state index contributed by atoms with van der Waals surface area (Å²) in [4.78, 5) is 0. The summed E-state index contributed by atoms with van der Waals surface area (Å²) in [6.45, 7) is 10.7. The van der Waals surface area contributed by atoms with Crippen LogP contribution < -0.4 is 18.6 Å². The molecule has 0 saturated carbocycles. The summed E-state index contributed by atoms with van der Waals surface area (Å²) in [5.74, 6) is 2.63. The summed E-state index contributed by atoms with van der Waals surface area (Å²) in [5.41, 5.74) is 2.41. The van der Waals surface area contributed by atoms with E-state index in [1.807, 2.05) is 24.3 Å². The maximum atomic E-state index is 6.00. The topological polar surface area (TPSA) is 36.9 Å². The van der Waals surface area contributed by atoms with E-state index in [0.717, 1.165) is 4.48 Å². The molecule has 0 saturated heterocycles. The molecule has 0 fully saturated rings. The molecule has 0 radical (unpaired) electrons. The predicted molar refractivity (Wildman–Crippen MR) is 123 cm³/mol. The van der Waals surface area contributed by atoms with Crippen LogP contribution in [0.15, 0.2) is 36.4 Å². The van der Waals surface area contributed by atoms with Crippen LogP contribution in [-0.4, -0.2) is 39.6 Å². The summed E-state index contributed by atoms with van der Waals surface area (Å²) >= 11 is 0. The Labute approximate surface area is 181 Å². The van der Waals surface area contributed by atoms with Crippen molar-refractivity contribution in [2.24, 2.45) is 0 Å². The Balaban J connectivity index is 0.000000461. The Hall–Kier alpha value is -2.34. The van der Waals surface area contributed by atoms with Crippen LogP contribution in [0.4, 0.5) is 0 Å². The Bertz CT molecular complexity index is 858. The van der Waals surface area contributed by atoms with Crippen LogP contribution in [-0.2, 0) is 10.8 Å². The Morgan fingerprint density at radius 2 is 0.867 bits per heavy atom. The number of fused-ring (bicyclic) bond motifs is 2. The van der Waals surface area contributed by atoms with E-state index in [1.165, 1.54) is 11.1 Å². The van der Waals surface area contributed by atoms with Crippen molar-refractivity contribution in [2.75, 3.05) is 28.2 Å². The van der Waals surface area contributed by atoms with E-state index in [9.17, 15) is 0 Å². The summed E-state index contributed by atoms with van der Waals surface area (Å²) in [7, 11) is 8.50. The monoisotopic (exact) mass is 413 g/mol. The van der Waals surface area contributed by atoms with Gasteiger partial charge in [-0.2, -0.15) is 0 Å². The molecule has 5 nitrogen and oxygen atoms in total. The van der Waals surface area contributed by atoms with Gasteiger partial charge in [-0.15, -0.1) is 0 Å². The average Bonchev–Trinajstić information content (AvgIpc) is 3.08. The first kappa shape index (κ1) is 22.4. The SMILES string of the molecule is CC(C)(C)c1ccc2c(c1)O[B-]1(O2)Oc2ccc(C(C)(C)C)cc2O1.C[N+](C)(C)C. The third kappa shape index (κ3) is 5.04. The fourth-order valence-corrected chi connectivity index (χ4v) is 3.09. The molecule has 0 unspecified atom stereocenters. The number of quaternary nitrogens is 1. The highest BCUT2D eigenvalue weighted by Crippen LogP contribution is 2.47. The minimum Gasteiger partial charge on any atom is -0.609 e. The Morgan fingerprint density at radius 1 is 0.567 bits per heavy atom. The van der Waals surface area contributed by atoms with Crippen LogP contribution in [0, 0.1) is 0 Å². The summed E-state index contributed by atoms with van der Waals surface area (Å²) in [6, 6.07) is 11.9. The number of hydrogen-bond donors (Lipinski definition) is 0. The van der Waals surface area contributed by atoms with Gasteiger partial charge in [-0.25, -0.2) is 0 Å². The molecule has 2 aliphatic heterocycles. The second-order valence-electron chi connectivity index (χ2n) is 11.6. The van der Waals surface area contributed by atoms with Gasteiger partial charge in [-0.1, -0.05) is 53.7 Å². The minimum atomic E-state index is -2.32. The fourth-order valence-electron chi connectivity index (χ4n) is 3.09. The first-order valence-electron chi connectivity index (χ1n) is 10.5. The molecule has 2 heterocycles. The van der Waals surface area contributed by atoms with E-state index in [-0.39, 0.29) is 10.8 Å². The Kier molecular flexibility index (Phi) is 5.31. The second kappa shape index (κ2) is 7.12. The van der Waals surface area contributed by atoms with Crippen molar-refractivity contribution in [3.8, 4) is 23.0 Å². The van der Waals surface area contributed by atoms with Gasteiger partial charge in [-0.3, -0.25) is 0 Å². The van der Waals surface area contributed by atoms with Crippen LogP contribution in [0.25, 0.3) is 0 Å². The van der Waals surface area contributed by atoms with Crippen molar-refractivity contribution in [3.05, 3.63) is 47.5 Å². The van der Waals surface area contributed by atoms with Gasteiger partial charge < -0.3 is 23.1 Å². The van der Waals surface area contributed by atoms with Crippen molar-refractivity contribution in [3.63, 3.8) is 0 Å². The molecule has 1 spiro atoms. The summed E-state index contributed by atoms with van der Waals surface area (Å²) < 4.78 is 24.8. The molecule has 0 aromatic heterocycles. The lowest BCUT2D eigenvalue weighted by Gasteiger charge is -2.27. The molecule has 4 rings (SSSR count). The fraction of sp³-hybridized carbons (Fsp3) is 0.500. The van der Waals surface area contributed by atoms with Gasteiger partial charge in [0, 0.05) is 0 Å². The summed E-state index contributed by atoms with van der Waals surface area (Å²) in [5, 5.41) is 0. The average molecular weight is 413 g/mol. The highest BCUT2D eigenvalue weighted by Gasteiger charge is 2.52. The van der Waals surface area contributed by atoms with Gasteiger partial charge in [0.2, 0.25) is 0 Å². The van der Waals surface area contributed by atoms with Crippen LogP contribution in [0.1, 0.15) is 52.7 Å². The van der Waals surface area contributed by atoms with Crippen molar-refractivity contribution in [2.45, 2.75) is 52.4 Å². The number of benzene rings is 2. The molecule has 2 aromatic carbocycles. The number of rotatable bonds is 0. The van der Waals surface area contributed by atoms with Crippen molar-refractivity contribution < 1.29 is 23.1 Å². The summed E-state index contributed by atoms with van der Waals surface area (Å²) in [6.07, 6.45) is 0. The normalized spacial score (nSPS) is 16.3. The highest BCUT2D eigenvalue weighted by molar-refractivity contribution is 6.59. The van der Waals surface area contributed by atoms with Gasteiger partial charge in [-0.05, 0) is 46.2 Å². The van der Waals surface area contributed by atoms with Crippen LogP contribution in [0.5, 0.6) is 23.0 Å². The molecule has 0 atom stereocenters. The van der Waals surface area contributed by atoms with Gasteiger partial charge in [0.1, 0.15) is 23.0 Å². The van der Waals surface area contributed by atoms with Gasteiger partial charge in [0.05, 0.1) is 28.2 Å². The van der Waals surface area contributed by atoms with Crippen molar-refractivity contribution in [1.29, 1.82) is 0 Å². The zero-order chi connectivity index (χ0) is 22.5. The zero-order valence-corrected chi connectivity index (χ0v) is 20.1. The minimum absolute atomic E-state index is 0.0309. The smallest absolute Gasteiger partial charge is 0.609 e. The molecule has 2 aliphatic rings. The van der Waals surface area contributed by atoms with E-state index in [4.69, 9.17) is 18.6 Å². The lowest BCUT2D eigenvalue weighted by atomic mass is 9.87. The third-order valence-corrected chi connectivity index (χ3v) is 4.70. The maximum Gasteiger partial charge on any atom is 0.777 e. The molecular weight excluding hydrogens is 377 g/mol. The molecule has 0 bridgehead atoms. The third-order valence-electron chi connectivity index (χ3n) is 4.70. The first-order valence-corrected chi connectivity index (χ1v) is 10.5. The van der Waals surface area contributed by atoms with Crippen LogP contribution in [0.2, 0.25) is 0 Å². The van der Waals surface area contributed by atoms with Gasteiger partial charge >= 0.3 is 6.96 Å². The molecule has 164 valence electrons. The largest absolute Gasteiger partial charge is 0.777 e. The van der Waals surface area contributed by atoms with Gasteiger partial charge in [0.15, 0.2) is 0 Å². The first-order chi connectivity index (χ1) is 13.6. The molecule has 30 heavy (non-hydrogen) atoms. The van der Waals surface area contributed by atoms with Crippen LogP contribution >= 0.6 is 0 Å². The lowest BCUT2D eigenvalue weighted by molar-refractivity contribution is -0.849. The van der Waals surface area contributed by atoms with E-state index in [2.05, 4.69) is 81.9 Å². The van der Waals surface area contributed by atoms with Crippen molar-refractivity contribution >= 4 is 6.96 Å². The van der Waals surface area contributed by atoms with E-state index in [0.29, 0.717) is 23.0 Å². The molecule has 0 N–H and O–H groups in total. The number of nitrogens with zero attached hydrogens (tertiary/aromatic N) is 1. The standard InChI is InChI=1S/C20H24BO4.C4H12N/c1-19(2,3)13-7-9-15-17(11-13)24-21(22-15)23-16-10-8-14(20(4,5)6)12-18(16)25-21;1-5(2,3)4/h7-12H,1-6H3;1-4H3/q-1;+1. The van der Waals surface area contributed by atoms with E-state index < -0.39 is 6.96 Å². The van der Waals surface area contributed by atoms with Gasteiger partial charge in [0.25, 0.3) is 0 Å². The molecule has 2 aromatic rings. The lowest BCUT2D eigenvalue weighted by Crippen LogP contribution is -2.54. The molecule has 6 heteroatoms. The molecule has 0 aliphatic carbocycles. The van der Waals surface area contributed by atoms with E-state index in [1.54, 1.807) is 0 Å². The zero-order valence-electron chi connectivity index (χ0n) is 20.1. The second-order valence-corrected chi connectivity index (χ2v) is 11.6. The molecule has 0 amide bonds. The van der Waals surface area contributed by atoms with Crippen LogP contribution in [0.3, 0.4) is 0 Å². The van der Waals surface area contributed by atoms with E-state index >= 15 is 0 Å². The number of hydrogen-bond acceptors (Lipinski definition) is 4. The highest BCUT2D eigenvalue weighted by atomic mass is 16.9. The quantitative estimate of drug-likeness (QED) is 0.435. The van der Waals surface area contributed by atoms with Crippen molar-refractivity contribution in [1.82, 2.24) is 0 Å². The molecular formula is C24H36BNO4. The predicted octanol–water partition coefficient (Wildman–Crippen LogP) is 5.28.